The van der Waals surface area contributed by atoms with Gasteiger partial charge in [-0.2, -0.15) is 0 Å². The van der Waals surface area contributed by atoms with Crippen LogP contribution in [0.2, 0.25) is 0 Å². The van der Waals surface area contributed by atoms with Gasteiger partial charge in [0, 0.05) is 73.3 Å². The van der Waals surface area contributed by atoms with Gasteiger partial charge in [-0.15, -0.1) is 0 Å². The van der Waals surface area contributed by atoms with Crippen LogP contribution in [-0.4, -0.2) is 87.7 Å². The molecule has 1 aromatic carbocycles. The topological polar surface area (TPSA) is 107 Å². The highest BCUT2D eigenvalue weighted by Crippen LogP contribution is 2.70. The second-order valence-corrected chi connectivity index (χ2v) is 23.4. The molecule has 9 nitrogen and oxygen atoms in total. The molecule has 6 aliphatic rings. The van der Waals surface area contributed by atoms with Crippen molar-refractivity contribution in [1.29, 1.82) is 0 Å². The van der Waals surface area contributed by atoms with Crippen LogP contribution in [0, 0.1) is 68.0 Å². The lowest BCUT2D eigenvalue weighted by molar-refractivity contribution is -0.220. The van der Waals surface area contributed by atoms with Crippen LogP contribution in [0.1, 0.15) is 126 Å². The van der Waals surface area contributed by atoms with Gasteiger partial charge >= 0.3 is 0 Å². The summed E-state index contributed by atoms with van der Waals surface area (Å²) in [5, 5.41) is 0. The molecular weight excluding hydrogens is 839 g/mol. The van der Waals surface area contributed by atoms with Gasteiger partial charge < -0.3 is 28.4 Å². The van der Waals surface area contributed by atoms with Crippen LogP contribution < -0.4 is 0 Å². The summed E-state index contributed by atoms with van der Waals surface area (Å²) in [6.45, 7) is 17.3. The van der Waals surface area contributed by atoms with Gasteiger partial charge in [0.25, 0.3) is 0 Å². The Bertz CT molecular complexity index is 1830. The third-order valence-electron chi connectivity index (χ3n) is 19.3. The molecule has 0 aromatic heterocycles. The number of carbonyl (C=O) groups is 2. The first-order valence-corrected chi connectivity index (χ1v) is 25.2. The Labute approximate surface area is 385 Å². The molecule has 0 spiro atoms. The van der Waals surface area contributed by atoms with E-state index in [0.29, 0.717) is 35.9 Å². The van der Waals surface area contributed by atoms with E-state index in [1.165, 1.54) is 6.08 Å². The van der Waals surface area contributed by atoms with Gasteiger partial charge in [0.1, 0.15) is 25.2 Å². The second-order valence-electron chi connectivity index (χ2n) is 21.9. The van der Waals surface area contributed by atoms with Crippen LogP contribution >= 0.6 is 0 Å². The zero-order valence-corrected chi connectivity index (χ0v) is 41.7. The first kappa shape index (κ1) is 51.5. The Morgan fingerprint density at radius 2 is 1.16 bits per heavy atom. The Morgan fingerprint density at radius 3 is 1.61 bits per heavy atom. The Balaban J connectivity index is 0.000000219. The molecule has 18 atom stereocenters. The summed E-state index contributed by atoms with van der Waals surface area (Å²) in [7, 11) is 4.93. The Morgan fingerprint density at radius 1 is 0.703 bits per heavy atom. The molecule has 0 radical (unpaired) electrons. The first-order chi connectivity index (χ1) is 30.3. The summed E-state index contributed by atoms with van der Waals surface area (Å²) < 4.78 is 77.5. The van der Waals surface area contributed by atoms with Crippen LogP contribution in [0.25, 0.3) is 0 Å². The average Bonchev–Trinajstić information content (AvgIpc) is 3.89. The van der Waals surface area contributed by atoms with E-state index in [-0.39, 0.29) is 101 Å². The minimum Gasteiger partial charge on any atom is -0.381 e. The summed E-state index contributed by atoms with van der Waals surface area (Å²) in [6, 6.07) is 8.69. The van der Waals surface area contributed by atoms with Gasteiger partial charge in [-0.1, -0.05) is 66.7 Å². The maximum atomic E-state index is 15.7. The molecule has 12 heteroatoms. The first-order valence-electron chi connectivity index (χ1n) is 24.0. The van der Waals surface area contributed by atoms with Crippen LogP contribution in [0.4, 0.5) is 8.78 Å². The number of carbonyl (C=O) groups excluding carboxylic acids is 2. The van der Waals surface area contributed by atoms with E-state index < -0.39 is 27.1 Å². The molecule has 362 valence electrons. The van der Waals surface area contributed by atoms with Gasteiger partial charge in [0.05, 0.1) is 41.5 Å². The van der Waals surface area contributed by atoms with Crippen molar-refractivity contribution in [2.45, 2.75) is 161 Å². The van der Waals surface area contributed by atoms with E-state index in [9.17, 15) is 18.2 Å². The third kappa shape index (κ3) is 8.50. The van der Waals surface area contributed by atoms with Gasteiger partial charge in [-0.25, -0.2) is 8.78 Å². The van der Waals surface area contributed by atoms with E-state index in [0.717, 1.165) is 51.4 Å². The number of halogens is 2. The molecule has 0 amide bonds. The summed E-state index contributed by atoms with van der Waals surface area (Å²) in [4.78, 5) is 28.5. The van der Waals surface area contributed by atoms with Crippen molar-refractivity contribution in [2.75, 3.05) is 42.0 Å². The van der Waals surface area contributed by atoms with Crippen molar-refractivity contribution in [3.8, 4) is 0 Å². The smallest absolute Gasteiger partial charge is 0.180 e. The molecule has 0 aliphatic heterocycles. The van der Waals surface area contributed by atoms with Gasteiger partial charge in [0.2, 0.25) is 0 Å². The molecular formula is C52H80F2O9S. The predicted octanol–water partition coefficient (Wildman–Crippen LogP) is 10.9. The van der Waals surface area contributed by atoms with E-state index in [1.807, 2.05) is 19.9 Å². The van der Waals surface area contributed by atoms with E-state index in [4.69, 9.17) is 28.4 Å². The van der Waals surface area contributed by atoms with Crippen molar-refractivity contribution in [3.63, 3.8) is 0 Å². The largest absolute Gasteiger partial charge is 0.381 e. The predicted molar refractivity (Wildman–Crippen MR) is 245 cm³/mol. The van der Waals surface area contributed by atoms with Crippen molar-refractivity contribution >= 4 is 22.4 Å². The van der Waals surface area contributed by atoms with E-state index >= 15 is 4.39 Å². The molecule has 0 saturated heterocycles. The maximum absolute atomic E-state index is 15.7. The van der Waals surface area contributed by atoms with Gasteiger partial charge in [-0.3, -0.25) is 13.8 Å². The lowest BCUT2D eigenvalue weighted by atomic mass is 9.44. The number of benzene rings is 1. The number of hydrogen-bond donors (Lipinski definition) is 0. The van der Waals surface area contributed by atoms with Gasteiger partial charge in [-0.05, 0) is 124 Å². The number of ketones is 2. The number of hydrogen-bond acceptors (Lipinski definition) is 9. The quantitative estimate of drug-likeness (QED) is 0.179. The van der Waals surface area contributed by atoms with Crippen molar-refractivity contribution in [3.05, 3.63) is 42.7 Å². The molecule has 6 unspecified atom stereocenters. The highest BCUT2D eigenvalue weighted by molar-refractivity contribution is 7.85. The number of Topliss-reactive ketones (excluding diaryl/α,β-unsaturated/α-hetero) is 2. The molecule has 64 heavy (non-hydrogen) atoms. The summed E-state index contributed by atoms with van der Waals surface area (Å²) >= 11 is 0. The fourth-order valence-corrected chi connectivity index (χ4v) is 16.6. The molecule has 4 bridgehead atoms. The molecule has 6 saturated carbocycles. The van der Waals surface area contributed by atoms with Crippen molar-refractivity contribution in [2.24, 2.45) is 68.0 Å². The normalized spacial score (nSPS) is 45.3. The van der Waals surface area contributed by atoms with E-state index in [2.05, 4.69) is 41.5 Å². The average molecular weight is 919 g/mol. The standard InChI is InChI=1S/C29H43FO5S.C23H37FO4/c1-19-12-14-29-15-13-22(34-6)25(29)28(19,4)23(35-18-33-5)16-27(3,26(31)20(29)2)17-24(30)36(32)21-10-8-7-9-11-21;1-15-7-9-23-10-8-17(27-6)19(23)22(15,4)18(28-14-26-5)13-21(3,11-12-24)20(25)16(23)2/h7-11,19-20,22-25H,12-18H2,1-6H3;11-12,15-19H,7-10,13-14H2,1-6H3/t19-,20+,22-,23-,24?,25?,27+,28+,29?,36?;15-,16+,17-,18-,19?,21-,22+,23?/m11/s1. The minimum atomic E-state index is -1.85. The monoisotopic (exact) mass is 919 g/mol. The number of rotatable bonds is 13. The number of alkyl halides is 1. The van der Waals surface area contributed by atoms with Crippen molar-refractivity contribution in [1.82, 2.24) is 0 Å². The number of methoxy groups -OCH3 is 4. The fourth-order valence-electron chi connectivity index (χ4n) is 15.3. The Kier molecular flexibility index (Phi) is 16.1. The maximum Gasteiger partial charge on any atom is 0.180 e. The lowest BCUT2D eigenvalue weighted by Gasteiger charge is -2.62. The Hall–Kier alpha value is -1.93. The molecule has 0 N–H and O–H groups in total. The number of ether oxygens (including phenoxy) is 6. The molecule has 1 aromatic rings. The van der Waals surface area contributed by atoms with Crippen LogP contribution in [0.15, 0.2) is 47.6 Å². The van der Waals surface area contributed by atoms with Gasteiger partial charge in [0.15, 0.2) is 5.50 Å². The number of allylic oxidation sites excluding steroid dienone is 1. The third-order valence-corrected chi connectivity index (χ3v) is 20.6. The van der Waals surface area contributed by atoms with E-state index in [1.54, 1.807) is 52.7 Å². The van der Waals surface area contributed by atoms with Crippen LogP contribution in [-0.2, 0) is 48.8 Å². The molecule has 6 fully saturated rings. The lowest BCUT2D eigenvalue weighted by Crippen LogP contribution is -2.63. The van der Waals surface area contributed by atoms with Crippen LogP contribution in [0.3, 0.4) is 0 Å². The van der Waals surface area contributed by atoms with Crippen molar-refractivity contribution < 1.29 is 51.0 Å². The molecule has 0 heterocycles. The van der Waals surface area contributed by atoms with Crippen LogP contribution in [0.5, 0.6) is 0 Å². The molecule has 6 aliphatic carbocycles. The highest BCUT2D eigenvalue weighted by Gasteiger charge is 2.70. The SMILES string of the molecule is COCO[C@@H]1C[C@@](C)(C=CF)C(=O)[C@H](C)C23CC[C@@H](C)[C@]1(C)C2[C@H](OC)CC3.COCO[C@@H]1C[C@@](C)(CC(F)S(=O)c2ccccc2)C(=O)[C@H](C)C23CC[C@@H](C)[C@]1(C)C2[C@H](OC)CC3. The second kappa shape index (κ2) is 20.0. The highest BCUT2D eigenvalue weighted by atomic mass is 32.2. The minimum absolute atomic E-state index is 0.0607. The zero-order valence-electron chi connectivity index (χ0n) is 40.9. The zero-order chi connectivity index (χ0) is 47.0. The molecule has 7 rings (SSSR count). The summed E-state index contributed by atoms with van der Waals surface area (Å²) in [6.07, 6.45) is 10.2. The fraction of sp³-hybridized carbons (Fsp3) is 0.808. The summed E-state index contributed by atoms with van der Waals surface area (Å²) in [5.41, 5.74) is -4.30. The summed E-state index contributed by atoms with van der Waals surface area (Å²) in [5.74, 6) is 1.01.